The molecule has 0 aromatic heterocycles. The van der Waals surface area contributed by atoms with Gasteiger partial charge in [0.1, 0.15) is 12.2 Å². The zero-order valence-electron chi connectivity index (χ0n) is 11.9. The third kappa shape index (κ3) is 3.61. The zero-order valence-corrected chi connectivity index (χ0v) is 11.9. The van der Waals surface area contributed by atoms with Gasteiger partial charge in [0.05, 0.1) is 19.2 Å². The minimum Gasteiger partial charge on any atom is -0.480 e. The third-order valence-electron chi connectivity index (χ3n) is 3.71. The van der Waals surface area contributed by atoms with E-state index in [4.69, 9.17) is 14.6 Å². The molecule has 0 radical (unpaired) electrons. The topological polar surface area (TPSA) is 88.1 Å². The molecular weight excluding hydrogens is 264 g/mol. The summed E-state index contributed by atoms with van der Waals surface area (Å²) >= 11 is 0. The molecule has 1 heterocycles. The number of ether oxygens (including phenoxy) is 2. The first kappa shape index (κ1) is 15.1. The van der Waals surface area contributed by atoms with Crippen molar-refractivity contribution in [1.82, 2.24) is 10.2 Å². The van der Waals surface area contributed by atoms with Crippen LogP contribution in [-0.2, 0) is 14.3 Å². The second-order valence-corrected chi connectivity index (χ2v) is 5.68. The number of hydrogen-bond acceptors (Lipinski definition) is 4. The number of amides is 2. The average Bonchev–Trinajstić information content (AvgIpc) is 2.30. The highest BCUT2D eigenvalue weighted by Gasteiger charge is 2.43. The summed E-state index contributed by atoms with van der Waals surface area (Å²) in [6, 6.07) is 0.0761. The minimum atomic E-state index is -0.995. The van der Waals surface area contributed by atoms with Crippen LogP contribution >= 0.6 is 0 Å². The van der Waals surface area contributed by atoms with Crippen molar-refractivity contribution in [3.63, 3.8) is 0 Å². The number of aliphatic carboxylic acids is 1. The van der Waals surface area contributed by atoms with Gasteiger partial charge in [-0.05, 0) is 26.7 Å². The predicted molar refractivity (Wildman–Crippen MR) is 70.5 cm³/mol. The molecule has 7 nitrogen and oxygen atoms in total. The van der Waals surface area contributed by atoms with Gasteiger partial charge in [-0.25, -0.2) is 9.59 Å². The van der Waals surface area contributed by atoms with Gasteiger partial charge in [0.2, 0.25) is 0 Å². The van der Waals surface area contributed by atoms with E-state index < -0.39 is 11.6 Å². The number of rotatable bonds is 6. The summed E-state index contributed by atoms with van der Waals surface area (Å²) in [5.41, 5.74) is -0.538. The van der Waals surface area contributed by atoms with Crippen molar-refractivity contribution in [2.24, 2.45) is 0 Å². The lowest BCUT2D eigenvalue weighted by Gasteiger charge is -2.48. The molecule has 1 aliphatic carbocycles. The van der Waals surface area contributed by atoms with Crippen molar-refractivity contribution in [2.45, 2.75) is 44.4 Å². The van der Waals surface area contributed by atoms with Crippen LogP contribution in [0.15, 0.2) is 0 Å². The molecule has 0 spiro atoms. The fourth-order valence-electron chi connectivity index (χ4n) is 2.55. The van der Waals surface area contributed by atoms with E-state index in [0.29, 0.717) is 19.7 Å². The van der Waals surface area contributed by atoms with Crippen molar-refractivity contribution in [2.75, 3.05) is 26.3 Å². The van der Waals surface area contributed by atoms with E-state index in [0.717, 1.165) is 12.8 Å². The Morgan fingerprint density at radius 2 is 2.05 bits per heavy atom. The number of carboxylic acid groups (broad SMARTS) is 1. The highest BCUT2D eigenvalue weighted by atomic mass is 16.5. The van der Waals surface area contributed by atoms with E-state index in [1.54, 1.807) is 4.90 Å². The number of urea groups is 1. The van der Waals surface area contributed by atoms with Crippen molar-refractivity contribution >= 4 is 12.0 Å². The van der Waals surface area contributed by atoms with Gasteiger partial charge in [0.15, 0.2) is 0 Å². The first-order valence-corrected chi connectivity index (χ1v) is 6.94. The van der Waals surface area contributed by atoms with Crippen LogP contribution in [0.1, 0.15) is 26.7 Å². The van der Waals surface area contributed by atoms with Gasteiger partial charge in [-0.2, -0.15) is 0 Å². The highest BCUT2D eigenvalue weighted by molar-refractivity contribution is 5.76. The normalized spacial score (nSPS) is 27.4. The van der Waals surface area contributed by atoms with Crippen molar-refractivity contribution in [1.29, 1.82) is 0 Å². The van der Waals surface area contributed by atoms with Crippen LogP contribution in [0.2, 0.25) is 0 Å². The fourth-order valence-corrected chi connectivity index (χ4v) is 2.55. The Kier molecular flexibility index (Phi) is 4.49. The second-order valence-electron chi connectivity index (χ2n) is 5.68. The van der Waals surface area contributed by atoms with Gasteiger partial charge in [-0.1, -0.05) is 0 Å². The van der Waals surface area contributed by atoms with E-state index in [1.807, 2.05) is 13.8 Å². The minimum absolute atomic E-state index is 0.110. The number of nitrogens with one attached hydrogen (secondary N) is 1. The molecule has 0 aromatic rings. The van der Waals surface area contributed by atoms with E-state index in [-0.39, 0.29) is 24.8 Å². The lowest BCUT2D eigenvalue weighted by molar-refractivity contribution is -0.159. The SMILES string of the molecule is CCOC1CC(NC(=O)N2CC(C)(OCC(=O)O)C2)C1. The summed E-state index contributed by atoms with van der Waals surface area (Å²) in [5, 5.41) is 11.5. The number of carboxylic acids is 1. The van der Waals surface area contributed by atoms with Crippen LogP contribution in [0.5, 0.6) is 0 Å². The van der Waals surface area contributed by atoms with Gasteiger partial charge in [-0.15, -0.1) is 0 Å². The molecule has 0 aromatic carbocycles. The third-order valence-corrected chi connectivity index (χ3v) is 3.71. The lowest BCUT2D eigenvalue weighted by atomic mass is 9.89. The number of nitrogens with zero attached hydrogens (tertiary/aromatic N) is 1. The van der Waals surface area contributed by atoms with Crippen LogP contribution in [0, 0.1) is 0 Å². The Labute approximate surface area is 118 Å². The van der Waals surface area contributed by atoms with E-state index in [2.05, 4.69) is 5.32 Å². The molecule has 0 atom stereocenters. The van der Waals surface area contributed by atoms with Gasteiger partial charge >= 0.3 is 12.0 Å². The molecule has 20 heavy (non-hydrogen) atoms. The van der Waals surface area contributed by atoms with Gasteiger partial charge < -0.3 is 24.8 Å². The Hall–Kier alpha value is -1.34. The maximum Gasteiger partial charge on any atom is 0.329 e. The Balaban J connectivity index is 1.63. The molecule has 2 amide bonds. The molecule has 1 saturated carbocycles. The average molecular weight is 286 g/mol. The molecule has 2 N–H and O–H groups in total. The Bertz CT molecular complexity index is 375. The zero-order chi connectivity index (χ0) is 14.8. The predicted octanol–water partition coefficient (Wildman–Crippen LogP) is 0.439. The van der Waals surface area contributed by atoms with Gasteiger partial charge in [-0.3, -0.25) is 0 Å². The first-order chi connectivity index (χ1) is 9.42. The monoisotopic (exact) mass is 286 g/mol. The summed E-state index contributed by atoms with van der Waals surface area (Å²) in [6.45, 7) is 5.00. The first-order valence-electron chi connectivity index (χ1n) is 6.94. The summed E-state index contributed by atoms with van der Waals surface area (Å²) in [4.78, 5) is 24.0. The molecule has 2 aliphatic rings. The highest BCUT2D eigenvalue weighted by Crippen LogP contribution is 2.27. The van der Waals surface area contributed by atoms with Crippen LogP contribution in [0.3, 0.4) is 0 Å². The smallest absolute Gasteiger partial charge is 0.329 e. The summed E-state index contributed by atoms with van der Waals surface area (Å²) in [5.74, 6) is -0.995. The molecule has 2 fully saturated rings. The lowest BCUT2D eigenvalue weighted by Crippen LogP contribution is -2.66. The molecule has 0 bridgehead atoms. The van der Waals surface area contributed by atoms with E-state index in [1.165, 1.54) is 0 Å². The van der Waals surface area contributed by atoms with Crippen LogP contribution < -0.4 is 5.32 Å². The number of carbonyl (C=O) groups excluding carboxylic acids is 1. The second kappa shape index (κ2) is 5.97. The van der Waals surface area contributed by atoms with Gasteiger partial charge in [0, 0.05) is 12.6 Å². The molecule has 114 valence electrons. The number of carbonyl (C=O) groups is 2. The summed E-state index contributed by atoms with van der Waals surface area (Å²) in [6.07, 6.45) is 1.99. The van der Waals surface area contributed by atoms with Crippen molar-refractivity contribution in [3.05, 3.63) is 0 Å². The summed E-state index contributed by atoms with van der Waals surface area (Å²) < 4.78 is 10.7. The number of hydrogen-bond donors (Lipinski definition) is 2. The van der Waals surface area contributed by atoms with E-state index >= 15 is 0 Å². The molecule has 7 heteroatoms. The van der Waals surface area contributed by atoms with Crippen molar-refractivity contribution in [3.8, 4) is 0 Å². The van der Waals surface area contributed by atoms with Crippen molar-refractivity contribution < 1.29 is 24.2 Å². The molecule has 2 rings (SSSR count). The quantitative estimate of drug-likeness (QED) is 0.739. The summed E-state index contributed by atoms with van der Waals surface area (Å²) in [7, 11) is 0. The van der Waals surface area contributed by atoms with Crippen LogP contribution in [0.4, 0.5) is 4.79 Å². The number of likely N-dealkylation sites (tertiary alicyclic amines) is 1. The Morgan fingerprint density at radius 3 is 2.60 bits per heavy atom. The molecule has 1 saturated heterocycles. The van der Waals surface area contributed by atoms with Gasteiger partial charge in [0.25, 0.3) is 0 Å². The molecule has 1 aliphatic heterocycles. The van der Waals surface area contributed by atoms with Crippen LogP contribution in [-0.4, -0.2) is 66.1 Å². The molecular formula is C13H22N2O5. The maximum absolute atomic E-state index is 11.9. The standard InChI is InChI=1S/C13H22N2O5/c1-3-19-10-4-9(5-10)14-12(18)15-7-13(2,8-15)20-6-11(16)17/h9-10H,3-8H2,1-2H3,(H,14,18)(H,16,17). The van der Waals surface area contributed by atoms with Crippen LogP contribution in [0.25, 0.3) is 0 Å². The fraction of sp³-hybridized carbons (Fsp3) is 0.846. The Morgan fingerprint density at radius 1 is 1.40 bits per heavy atom. The maximum atomic E-state index is 11.9. The largest absolute Gasteiger partial charge is 0.480 e. The molecule has 0 unspecified atom stereocenters. The van der Waals surface area contributed by atoms with E-state index in [9.17, 15) is 9.59 Å².